The van der Waals surface area contributed by atoms with Gasteiger partial charge in [0.05, 0.1) is 22.8 Å². The van der Waals surface area contributed by atoms with Gasteiger partial charge in [0.2, 0.25) is 6.79 Å². The van der Waals surface area contributed by atoms with E-state index in [0.717, 1.165) is 5.56 Å². The summed E-state index contributed by atoms with van der Waals surface area (Å²) in [7, 11) is 0. The summed E-state index contributed by atoms with van der Waals surface area (Å²) < 4.78 is 16.1. The summed E-state index contributed by atoms with van der Waals surface area (Å²) >= 11 is 12.0. The first-order valence-corrected chi connectivity index (χ1v) is 10.2. The number of carbonyl (C=O) groups excluding carboxylic acids is 1. The molecule has 11 heteroatoms. The largest absolute Gasteiger partial charge is 0.489 e. The van der Waals surface area contributed by atoms with Gasteiger partial charge in [-0.05, 0) is 42.5 Å². The lowest BCUT2D eigenvalue weighted by Crippen LogP contribution is -2.17. The molecule has 1 aliphatic heterocycles. The molecule has 0 radical (unpaired) electrons. The van der Waals surface area contributed by atoms with E-state index in [1.165, 1.54) is 18.3 Å². The maximum atomic E-state index is 12.3. The average molecular weight is 488 g/mol. The first kappa shape index (κ1) is 22.4. The van der Waals surface area contributed by atoms with Crippen LogP contribution in [0.4, 0.5) is 5.69 Å². The summed E-state index contributed by atoms with van der Waals surface area (Å²) in [4.78, 5) is 23.1. The number of nitrogens with zero attached hydrogens (tertiary/aromatic N) is 2. The number of ether oxygens (including phenoxy) is 3. The Morgan fingerprint density at radius 3 is 2.55 bits per heavy atom. The Morgan fingerprint density at radius 2 is 1.85 bits per heavy atom. The van der Waals surface area contributed by atoms with E-state index in [-0.39, 0.29) is 30.4 Å². The standard InChI is InChI=1S/C22H15Cl2N3O6/c23-16-4-1-14(18(24)8-16)11-31-17-5-2-13(3-6-17)22(28)26-25-10-15-7-20-21(33-12-32-20)9-19(15)27(29)30/h1-10H,11-12H2,(H,26,28)/b25-10-. The SMILES string of the molecule is O=C(N/N=C\c1cc2c(cc1[N+](=O)[O-])OCO2)c1ccc(OCc2ccc(Cl)cc2Cl)cc1. The van der Waals surface area contributed by atoms with Crippen molar-refractivity contribution >= 4 is 41.0 Å². The normalized spacial score (nSPS) is 12.1. The number of carbonyl (C=O) groups is 1. The number of halogens is 2. The van der Waals surface area contributed by atoms with E-state index >= 15 is 0 Å². The van der Waals surface area contributed by atoms with Crippen LogP contribution in [0.15, 0.2) is 59.7 Å². The molecule has 3 aromatic carbocycles. The number of benzene rings is 3. The van der Waals surface area contributed by atoms with Crippen molar-refractivity contribution in [3.8, 4) is 17.2 Å². The Labute approximate surface area is 197 Å². The highest BCUT2D eigenvalue weighted by Gasteiger charge is 2.22. The number of nitro benzene ring substituents is 1. The van der Waals surface area contributed by atoms with Crippen molar-refractivity contribution in [3.63, 3.8) is 0 Å². The monoisotopic (exact) mass is 487 g/mol. The minimum Gasteiger partial charge on any atom is -0.489 e. The summed E-state index contributed by atoms with van der Waals surface area (Å²) in [6.45, 7) is 0.219. The second-order valence-corrected chi connectivity index (χ2v) is 7.61. The molecule has 1 heterocycles. The minimum absolute atomic E-state index is 0.0176. The van der Waals surface area contributed by atoms with E-state index in [1.807, 2.05) is 0 Å². The molecule has 3 aromatic rings. The van der Waals surface area contributed by atoms with Crippen LogP contribution in [0.1, 0.15) is 21.5 Å². The highest BCUT2D eigenvalue weighted by molar-refractivity contribution is 6.35. The van der Waals surface area contributed by atoms with Crippen molar-refractivity contribution in [2.24, 2.45) is 5.10 Å². The Kier molecular flexibility index (Phi) is 6.62. The van der Waals surface area contributed by atoms with Gasteiger partial charge in [0.25, 0.3) is 11.6 Å². The van der Waals surface area contributed by atoms with E-state index in [2.05, 4.69) is 10.5 Å². The summed E-state index contributed by atoms with van der Waals surface area (Å²) in [6, 6.07) is 14.2. The van der Waals surface area contributed by atoms with Crippen LogP contribution in [-0.4, -0.2) is 23.8 Å². The van der Waals surface area contributed by atoms with Gasteiger partial charge in [-0.1, -0.05) is 29.3 Å². The predicted molar refractivity (Wildman–Crippen MR) is 122 cm³/mol. The number of hydrazone groups is 1. The minimum atomic E-state index is -0.568. The van der Waals surface area contributed by atoms with E-state index in [4.69, 9.17) is 37.4 Å². The molecule has 0 saturated heterocycles. The molecule has 0 atom stereocenters. The Balaban J connectivity index is 1.37. The fourth-order valence-corrected chi connectivity index (χ4v) is 3.40. The fourth-order valence-electron chi connectivity index (χ4n) is 2.94. The van der Waals surface area contributed by atoms with Gasteiger partial charge in [0.15, 0.2) is 11.5 Å². The zero-order chi connectivity index (χ0) is 23.4. The zero-order valence-corrected chi connectivity index (χ0v) is 18.3. The molecule has 168 valence electrons. The predicted octanol–water partition coefficient (Wildman–Crippen LogP) is 4.97. The van der Waals surface area contributed by atoms with Crippen LogP contribution >= 0.6 is 23.2 Å². The Morgan fingerprint density at radius 1 is 1.12 bits per heavy atom. The van der Waals surface area contributed by atoms with Crippen LogP contribution in [0.25, 0.3) is 0 Å². The molecule has 1 aliphatic rings. The van der Waals surface area contributed by atoms with Gasteiger partial charge >= 0.3 is 0 Å². The third-order valence-electron chi connectivity index (χ3n) is 4.61. The van der Waals surface area contributed by atoms with Crippen molar-refractivity contribution in [3.05, 3.63) is 91.4 Å². The molecule has 33 heavy (non-hydrogen) atoms. The lowest BCUT2D eigenvalue weighted by Gasteiger charge is -2.08. The quantitative estimate of drug-likeness (QED) is 0.286. The summed E-state index contributed by atoms with van der Waals surface area (Å²) in [5.41, 5.74) is 3.37. The number of amides is 1. The molecule has 0 spiro atoms. The molecule has 0 saturated carbocycles. The van der Waals surface area contributed by atoms with E-state index in [0.29, 0.717) is 27.1 Å². The van der Waals surface area contributed by atoms with Crippen molar-refractivity contribution in [2.75, 3.05) is 6.79 Å². The molecule has 0 unspecified atom stereocenters. The molecule has 1 N–H and O–H groups in total. The number of hydrogen-bond acceptors (Lipinski definition) is 7. The van der Waals surface area contributed by atoms with E-state index < -0.39 is 10.8 Å². The molecular weight excluding hydrogens is 473 g/mol. The Hall–Kier alpha value is -3.82. The van der Waals surface area contributed by atoms with Gasteiger partial charge in [-0.25, -0.2) is 5.43 Å². The molecule has 0 bridgehead atoms. The van der Waals surface area contributed by atoms with Crippen LogP contribution < -0.4 is 19.6 Å². The zero-order valence-electron chi connectivity index (χ0n) is 16.8. The highest BCUT2D eigenvalue weighted by atomic mass is 35.5. The molecule has 0 aliphatic carbocycles. The fraction of sp³-hybridized carbons (Fsp3) is 0.0909. The Bertz CT molecular complexity index is 1250. The molecule has 0 fully saturated rings. The second kappa shape index (κ2) is 9.76. The van der Waals surface area contributed by atoms with Gasteiger partial charge in [0.1, 0.15) is 12.4 Å². The van der Waals surface area contributed by atoms with Crippen molar-refractivity contribution in [1.29, 1.82) is 0 Å². The second-order valence-electron chi connectivity index (χ2n) is 6.77. The van der Waals surface area contributed by atoms with Crippen LogP contribution in [-0.2, 0) is 6.61 Å². The van der Waals surface area contributed by atoms with Crippen LogP contribution in [0, 0.1) is 10.1 Å². The number of fused-ring (bicyclic) bond motifs is 1. The molecule has 9 nitrogen and oxygen atoms in total. The molecular formula is C22H15Cl2N3O6. The van der Waals surface area contributed by atoms with Crippen LogP contribution in [0.3, 0.4) is 0 Å². The third-order valence-corrected chi connectivity index (χ3v) is 5.20. The third kappa shape index (κ3) is 5.33. The molecule has 4 rings (SSSR count). The molecule has 0 aromatic heterocycles. The number of nitrogens with one attached hydrogen (secondary N) is 1. The van der Waals surface area contributed by atoms with Gasteiger partial charge < -0.3 is 14.2 Å². The average Bonchev–Trinajstić information content (AvgIpc) is 3.25. The van der Waals surface area contributed by atoms with E-state index in [9.17, 15) is 14.9 Å². The lowest BCUT2D eigenvalue weighted by molar-refractivity contribution is -0.385. The van der Waals surface area contributed by atoms with Gasteiger partial charge in [-0.2, -0.15) is 5.10 Å². The van der Waals surface area contributed by atoms with Crippen molar-refractivity contribution < 1.29 is 23.9 Å². The molecule has 1 amide bonds. The van der Waals surface area contributed by atoms with E-state index in [1.54, 1.807) is 42.5 Å². The maximum absolute atomic E-state index is 12.3. The number of nitro groups is 1. The first-order valence-electron chi connectivity index (χ1n) is 9.49. The lowest BCUT2D eigenvalue weighted by atomic mass is 10.1. The van der Waals surface area contributed by atoms with Crippen molar-refractivity contribution in [2.45, 2.75) is 6.61 Å². The van der Waals surface area contributed by atoms with Crippen molar-refractivity contribution in [1.82, 2.24) is 5.43 Å². The number of hydrogen-bond donors (Lipinski definition) is 1. The van der Waals surface area contributed by atoms with Gasteiger partial charge in [-0.15, -0.1) is 0 Å². The van der Waals surface area contributed by atoms with Crippen LogP contribution in [0.5, 0.6) is 17.2 Å². The summed E-state index contributed by atoms with van der Waals surface area (Å²) in [5, 5.41) is 16.1. The van der Waals surface area contributed by atoms with Crippen LogP contribution in [0.2, 0.25) is 10.0 Å². The maximum Gasteiger partial charge on any atom is 0.282 e. The highest BCUT2D eigenvalue weighted by Crippen LogP contribution is 2.37. The first-order chi connectivity index (χ1) is 15.9. The number of rotatable bonds is 7. The van der Waals surface area contributed by atoms with Gasteiger partial charge in [0, 0.05) is 21.2 Å². The smallest absolute Gasteiger partial charge is 0.282 e. The summed E-state index contributed by atoms with van der Waals surface area (Å²) in [5.74, 6) is 0.686. The summed E-state index contributed by atoms with van der Waals surface area (Å²) in [6.07, 6.45) is 1.17. The van der Waals surface area contributed by atoms with Gasteiger partial charge in [-0.3, -0.25) is 14.9 Å². The topological polar surface area (TPSA) is 112 Å².